The number of allylic oxidation sites excluding steroid dienone is 1. The molecule has 2 aromatic heterocycles. The molecule has 172 valence electrons. The first kappa shape index (κ1) is 22.9. The number of aliphatic hydroxyl groups excluding tert-OH is 2. The summed E-state index contributed by atoms with van der Waals surface area (Å²) in [6, 6.07) is 13.8. The molecule has 0 aliphatic carbocycles. The van der Waals surface area contributed by atoms with Crippen LogP contribution in [-0.4, -0.2) is 37.6 Å². The normalized spacial score (nSPS) is 11.1. The van der Waals surface area contributed by atoms with Crippen molar-refractivity contribution in [2.24, 2.45) is 0 Å². The molecule has 0 aliphatic heterocycles. The summed E-state index contributed by atoms with van der Waals surface area (Å²) in [7, 11) is 1.47. The molecule has 0 amide bonds. The van der Waals surface area contributed by atoms with Gasteiger partial charge in [0.15, 0.2) is 5.78 Å². The summed E-state index contributed by atoms with van der Waals surface area (Å²) < 4.78 is 6.73. The maximum atomic E-state index is 12.8. The molecule has 0 spiro atoms. The van der Waals surface area contributed by atoms with Crippen LogP contribution in [0.4, 0.5) is 0 Å². The van der Waals surface area contributed by atoms with Crippen molar-refractivity contribution < 1.29 is 19.7 Å². The monoisotopic (exact) mass is 457 g/mol. The molecule has 8 nitrogen and oxygen atoms in total. The minimum Gasteiger partial charge on any atom is -0.496 e. The number of nitrogens with zero attached hydrogens (tertiary/aromatic N) is 2. The summed E-state index contributed by atoms with van der Waals surface area (Å²) in [5.41, 5.74) is 3.69. The molecule has 0 radical (unpaired) electrons. The zero-order valence-electron chi connectivity index (χ0n) is 18.4. The maximum absolute atomic E-state index is 12.8. The van der Waals surface area contributed by atoms with Crippen LogP contribution in [-0.2, 0) is 13.2 Å². The minimum atomic E-state index is -0.327. The van der Waals surface area contributed by atoms with Crippen molar-refractivity contribution >= 4 is 11.9 Å². The van der Waals surface area contributed by atoms with Crippen LogP contribution in [0.15, 0.2) is 78.0 Å². The first-order valence-electron chi connectivity index (χ1n) is 10.5. The molecule has 0 saturated heterocycles. The lowest BCUT2D eigenvalue weighted by molar-refractivity contribution is 0.104. The number of nitrogens with one attached hydrogen (secondary N) is 1. The van der Waals surface area contributed by atoms with Gasteiger partial charge in [-0.1, -0.05) is 18.2 Å². The van der Waals surface area contributed by atoms with Crippen LogP contribution in [0.3, 0.4) is 0 Å². The van der Waals surface area contributed by atoms with Crippen LogP contribution in [0.5, 0.6) is 5.75 Å². The first-order valence-corrected chi connectivity index (χ1v) is 10.5. The van der Waals surface area contributed by atoms with Gasteiger partial charge in [0.2, 0.25) is 0 Å². The van der Waals surface area contributed by atoms with Gasteiger partial charge in [0, 0.05) is 35.3 Å². The number of rotatable bonds is 8. The van der Waals surface area contributed by atoms with Crippen molar-refractivity contribution in [3.63, 3.8) is 0 Å². The van der Waals surface area contributed by atoms with E-state index in [1.54, 1.807) is 67.1 Å². The third-order valence-electron chi connectivity index (χ3n) is 5.40. The second-order valence-electron chi connectivity index (χ2n) is 7.51. The zero-order chi connectivity index (χ0) is 24.1. The standard InChI is InChI=1S/C26H23N3O5/c1-34-25-11-17(10-20(15-30)22(25)16-31)7-8-24(32)18-4-2-6-21(12-18)29-14-23(28-26(29)33)19-5-3-9-27-13-19/h2-14,30-31H,15-16H2,1H3,(H,28,33)/b8-7+. The van der Waals surface area contributed by atoms with Crippen LogP contribution in [0.25, 0.3) is 23.0 Å². The lowest BCUT2D eigenvalue weighted by Gasteiger charge is -2.12. The van der Waals surface area contributed by atoms with Gasteiger partial charge in [0.1, 0.15) is 5.75 Å². The molecule has 0 saturated carbocycles. The smallest absolute Gasteiger partial charge is 0.330 e. The quantitative estimate of drug-likeness (QED) is 0.276. The average molecular weight is 457 g/mol. The maximum Gasteiger partial charge on any atom is 0.330 e. The van der Waals surface area contributed by atoms with E-state index in [1.807, 2.05) is 6.07 Å². The van der Waals surface area contributed by atoms with E-state index in [2.05, 4.69) is 9.97 Å². The molecule has 0 unspecified atom stereocenters. The summed E-state index contributed by atoms with van der Waals surface area (Å²) in [6.07, 6.45) is 8.01. The van der Waals surface area contributed by atoms with Gasteiger partial charge in [0.05, 0.1) is 31.7 Å². The molecule has 4 rings (SSSR count). The Labute approximate surface area is 195 Å². The Balaban J connectivity index is 1.61. The number of carbonyl (C=O) groups is 1. The highest BCUT2D eigenvalue weighted by Crippen LogP contribution is 2.26. The van der Waals surface area contributed by atoms with Gasteiger partial charge >= 0.3 is 5.69 Å². The fraction of sp³-hybridized carbons (Fsp3) is 0.115. The van der Waals surface area contributed by atoms with Crippen LogP contribution < -0.4 is 10.4 Å². The number of imidazole rings is 1. The molecule has 0 atom stereocenters. The molecule has 2 heterocycles. The lowest BCUT2D eigenvalue weighted by Crippen LogP contribution is -2.14. The zero-order valence-corrected chi connectivity index (χ0v) is 18.4. The second-order valence-corrected chi connectivity index (χ2v) is 7.51. The van der Waals surface area contributed by atoms with Crippen molar-refractivity contribution in [2.45, 2.75) is 13.2 Å². The Kier molecular flexibility index (Phi) is 6.82. The topological polar surface area (TPSA) is 117 Å². The van der Waals surface area contributed by atoms with Crippen LogP contribution >= 0.6 is 0 Å². The van der Waals surface area contributed by atoms with Gasteiger partial charge in [-0.05, 0) is 53.6 Å². The van der Waals surface area contributed by atoms with Crippen molar-refractivity contribution in [1.29, 1.82) is 0 Å². The highest BCUT2D eigenvalue weighted by molar-refractivity contribution is 6.07. The van der Waals surface area contributed by atoms with E-state index in [9.17, 15) is 19.8 Å². The molecule has 4 aromatic rings. The van der Waals surface area contributed by atoms with E-state index in [0.717, 1.165) is 5.56 Å². The van der Waals surface area contributed by atoms with Crippen molar-refractivity contribution in [2.75, 3.05) is 7.11 Å². The van der Waals surface area contributed by atoms with Crippen LogP contribution in [0, 0.1) is 0 Å². The number of carbonyl (C=O) groups excluding carboxylic acids is 1. The first-order chi connectivity index (χ1) is 16.5. The fourth-order valence-corrected chi connectivity index (χ4v) is 3.66. The van der Waals surface area contributed by atoms with Gasteiger partial charge < -0.3 is 19.9 Å². The van der Waals surface area contributed by atoms with E-state index >= 15 is 0 Å². The molecule has 34 heavy (non-hydrogen) atoms. The number of ether oxygens (including phenoxy) is 1. The summed E-state index contributed by atoms with van der Waals surface area (Å²) in [5.74, 6) is 0.174. The Morgan fingerprint density at radius 1 is 1.15 bits per heavy atom. The number of hydrogen-bond donors (Lipinski definition) is 3. The third-order valence-corrected chi connectivity index (χ3v) is 5.40. The van der Waals surface area contributed by atoms with Crippen LogP contribution in [0.2, 0.25) is 0 Å². The van der Waals surface area contributed by atoms with Gasteiger partial charge in [0.25, 0.3) is 0 Å². The summed E-state index contributed by atoms with van der Waals surface area (Å²) in [4.78, 5) is 32.2. The molecule has 0 aliphatic rings. The SMILES string of the molecule is COc1cc(/C=C/C(=O)c2cccc(-n3cc(-c4cccnc4)[nH]c3=O)c2)cc(CO)c1CO. The summed E-state index contributed by atoms with van der Waals surface area (Å²) in [6.45, 7) is -0.536. The van der Waals surface area contributed by atoms with Crippen molar-refractivity contribution in [1.82, 2.24) is 14.5 Å². The number of pyridine rings is 1. The summed E-state index contributed by atoms with van der Waals surface area (Å²) in [5, 5.41) is 19.1. The Hall–Kier alpha value is -4.27. The number of aliphatic hydroxyl groups is 2. The number of hydrogen-bond acceptors (Lipinski definition) is 6. The largest absolute Gasteiger partial charge is 0.496 e. The predicted molar refractivity (Wildman–Crippen MR) is 128 cm³/mol. The van der Waals surface area contributed by atoms with Gasteiger partial charge in [-0.25, -0.2) is 4.79 Å². The molecule has 2 aromatic carbocycles. The average Bonchev–Trinajstić information content (AvgIpc) is 3.28. The Bertz CT molecular complexity index is 1380. The van der Waals surface area contributed by atoms with E-state index < -0.39 is 0 Å². The van der Waals surface area contributed by atoms with Gasteiger partial charge in [-0.15, -0.1) is 0 Å². The molecule has 0 bridgehead atoms. The number of benzene rings is 2. The lowest BCUT2D eigenvalue weighted by atomic mass is 10.0. The number of ketones is 1. The van der Waals surface area contributed by atoms with Crippen LogP contribution in [0.1, 0.15) is 27.0 Å². The Morgan fingerprint density at radius 3 is 2.71 bits per heavy atom. The van der Waals surface area contributed by atoms with Crippen molar-refractivity contribution in [3.8, 4) is 22.7 Å². The Morgan fingerprint density at radius 2 is 2.00 bits per heavy atom. The minimum absolute atomic E-state index is 0.256. The molecule has 8 heteroatoms. The fourth-order valence-electron chi connectivity index (χ4n) is 3.66. The summed E-state index contributed by atoms with van der Waals surface area (Å²) >= 11 is 0. The number of H-pyrrole nitrogens is 1. The number of aromatic amines is 1. The highest BCUT2D eigenvalue weighted by atomic mass is 16.5. The molecule has 0 fully saturated rings. The number of methoxy groups -OCH3 is 1. The number of aromatic nitrogens is 3. The molecular formula is C26H23N3O5. The highest BCUT2D eigenvalue weighted by Gasteiger charge is 2.11. The van der Waals surface area contributed by atoms with Gasteiger partial charge in [-0.2, -0.15) is 0 Å². The van der Waals surface area contributed by atoms with E-state index in [1.165, 1.54) is 17.8 Å². The van der Waals surface area contributed by atoms with E-state index in [-0.39, 0.29) is 24.7 Å². The predicted octanol–water partition coefficient (Wildman–Crippen LogP) is 3.12. The molecular weight excluding hydrogens is 434 g/mol. The third kappa shape index (κ3) is 4.73. The van der Waals surface area contributed by atoms with E-state index in [4.69, 9.17) is 4.74 Å². The second kappa shape index (κ2) is 10.1. The van der Waals surface area contributed by atoms with Gasteiger partial charge in [-0.3, -0.25) is 14.3 Å². The van der Waals surface area contributed by atoms with E-state index in [0.29, 0.717) is 39.4 Å². The molecule has 3 N–H and O–H groups in total. The van der Waals surface area contributed by atoms with Crippen molar-refractivity contribution in [3.05, 3.63) is 106 Å².